The second-order valence-electron chi connectivity index (χ2n) is 3.74. The van der Waals surface area contributed by atoms with Gasteiger partial charge in [0.05, 0.1) is 35.8 Å². The Labute approximate surface area is 110 Å². The fourth-order valence-electron chi connectivity index (χ4n) is 1.64. The van der Waals surface area contributed by atoms with E-state index in [2.05, 4.69) is 5.10 Å². The van der Waals surface area contributed by atoms with Gasteiger partial charge in [0.2, 0.25) is 0 Å². The van der Waals surface area contributed by atoms with Crippen LogP contribution in [0.25, 0.3) is 5.69 Å². The maximum atomic E-state index is 11.8. The lowest BCUT2D eigenvalue weighted by Gasteiger charge is -2.07. The summed E-state index contributed by atoms with van der Waals surface area (Å²) >= 11 is 0. The lowest BCUT2D eigenvalue weighted by molar-refractivity contribution is 0.0517. The van der Waals surface area contributed by atoms with Crippen molar-refractivity contribution in [2.24, 2.45) is 0 Å². The van der Waals surface area contributed by atoms with Crippen LogP contribution < -0.4 is 5.73 Å². The van der Waals surface area contributed by atoms with Gasteiger partial charge in [-0.15, -0.1) is 0 Å². The number of nitriles is 1. The normalized spacial score (nSPS) is 9.89. The van der Waals surface area contributed by atoms with E-state index in [0.29, 0.717) is 11.3 Å². The highest BCUT2D eigenvalue weighted by atomic mass is 16.5. The monoisotopic (exact) mass is 256 g/mol. The maximum Gasteiger partial charge on any atom is 0.359 e. The standard InChI is InChI=1S/C13H12N4O2/c1-2-19-13(18)12-11(15)8-16-17(12)10-5-3-9(7-14)4-6-10/h3-6,8H,2,15H2,1H3. The first-order valence-corrected chi connectivity index (χ1v) is 5.68. The predicted molar refractivity (Wildman–Crippen MR) is 68.6 cm³/mol. The lowest BCUT2D eigenvalue weighted by Crippen LogP contribution is -2.13. The Kier molecular flexibility index (Phi) is 3.48. The molecule has 0 amide bonds. The SMILES string of the molecule is CCOC(=O)c1c(N)cnn1-c1ccc(C#N)cc1. The van der Waals surface area contributed by atoms with Crippen LogP contribution in [0.15, 0.2) is 30.5 Å². The quantitative estimate of drug-likeness (QED) is 0.840. The lowest BCUT2D eigenvalue weighted by atomic mass is 10.2. The molecule has 1 aromatic heterocycles. The zero-order valence-electron chi connectivity index (χ0n) is 10.3. The number of rotatable bonds is 3. The van der Waals surface area contributed by atoms with E-state index in [0.717, 1.165) is 0 Å². The molecular formula is C13H12N4O2. The average Bonchev–Trinajstić information content (AvgIpc) is 2.81. The van der Waals surface area contributed by atoms with Gasteiger partial charge in [-0.2, -0.15) is 10.4 Å². The first kappa shape index (κ1) is 12.6. The largest absolute Gasteiger partial charge is 0.461 e. The Bertz CT molecular complexity index is 638. The van der Waals surface area contributed by atoms with Gasteiger partial charge < -0.3 is 10.5 Å². The molecule has 0 atom stereocenters. The molecule has 96 valence electrons. The van der Waals surface area contributed by atoms with Crippen molar-refractivity contribution in [1.82, 2.24) is 9.78 Å². The second kappa shape index (κ2) is 5.23. The van der Waals surface area contributed by atoms with Crippen molar-refractivity contribution < 1.29 is 9.53 Å². The Morgan fingerprint density at radius 2 is 2.16 bits per heavy atom. The van der Waals surface area contributed by atoms with E-state index in [1.165, 1.54) is 10.9 Å². The van der Waals surface area contributed by atoms with Gasteiger partial charge >= 0.3 is 5.97 Å². The fraction of sp³-hybridized carbons (Fsp3) is 0.154. The van der Waals surface area contributed by atoms with E-state index in [9.17, 15) is 4.79 Å². The average molecular weight is 256 g/mol. The molecule has 0 fully saturated rings. The summed E-state index contributed by atoms with van der Waals surface area (Å²) in [5.41, 5.74) is 7.34. The first-order chi connectivity index (χ1) is 9.17. The molecule has 2 rings (SSSR count). The molecule has 0 bridgehead atoms. The molecular weight excluding hydrogens is 244 g/mol. The number of aromatic nitrogens is 2. The van der Waals surface area contributed by atoms with Crippen molar-refractivity contribution in [1.29, 1.82) is 5.26 Å². The van der Waals surface area contributed by atoms with E-state index in [4.69, 9.17) is 15.7 Å². The van der Waals surface area contributed by atoms with Crippen LogP contribution in [0.2, 0.25) is 0 Å². The summed E-state index contributed by atoms with van der Waals surface area (Å²) in [7, 11) is 0. The van der Waals surface area contributed by atoms with Crippen molar-refractivity contribution in [2.45, 2.75) is 6.92 Å². The number of esters is 1. The minimum Gasteiger partial charge on any atom is -0.461 e. The summed E-state index contributed by atoms with van der Waals surface area (Å²) in [6.45, 7) is 1.98. The van der Waals surface area contributed by atoms with Gasteiger partial charge in [0.15, 0.2) is 5.69 Å². The Hall–Kier alpha value is -2.81. The highest BCUT2D eigenvalue weighted by molar-refractivity contribution is 5.93. The van der Waals surface area contributed by atoms with Crippen LogP contribution in [-0.4, -0.2) is 22.4 Å². The summed E-state index contributed by atoms with van der Waals surface area (Å²) in [6, 6.07) is 8.68. The van der Waals surface area contributed by atoms with Crippen molar-refractivity contribution in [2.75, 3.05) is 12.3 Å². The zero-order chi connectivity index (χ0) is 13.8. The molecule has 0 aliphatic carbocycles. The van der Waals surface area contributed by atoms with E-state index in [1.54, 1.807) is 31.2 Å². The Morgan fingerprint density at radius 1 is 1.47 bits per heavy atom. The smallest absolute Gasteiger partial charge is 0.359 e. The number of carbonyl (C=O) groups is 1. The minimum absolute atomic E-state index is 0.187. The highest BCUT2D eigenvalue weighted by Gasteiger charge is 2.19. The van der Waals surface area contributed by atoms with Gasteiger partial charge in [0.25, 0.3) is 0 Å². The Balaban J connectivity index is 2.45. The molecule has 1 heterocycles. The molecule has 0 saturated heterocycles. The molecule has 6 heteroatoms. The van der Waals surface area contributed by atoms with Gasteiger partial charge in [-0.25, -0.2) is 9.48 Å². The number of nitrogens with two attached hydrogens (primary N) is 1. The molecule has 0 aliphatic rings. The van der Waals surface area contributed by atoms with Crippen molar-refractivity contribution >= 4 is 11.7 Å². The molecule has 1 aromatic carbocycles. The predicted octanol–water partition coefficient (Wildman–Crippen LogP) is 1.50. The van der Waals surface area contributed by atoms with E-state index < -0.39 is 5.97 Å². The fourth-order valence-corrected chi connectivity index (χ4v) is 1.64. The molecule has 19 heavy (non-hydrogen) atoms. The van der Waals surface area contributed by atoms with E-state index in [1.807, 2.05) is 6.07 Å². The molecule has 0 unspecified atom stereocenters. The number of hydrogen-bond acceptors (Lipinski definition) is 5. The number of anilines is 1. The summed E-state index contributed by atoms with van der Waals surface area (Å²) in [6.07, 6.45) is 1.39. The highest BCUT2D eigenvalue weighted by Crippen LogP contribution is 2.18. The van der Waals surface area contributed by atoms with Crippen molar-refractivity contribution in [3.8, 4) is 11.8 Å². The van der Waals surface area contributed by atoms with Gasteiger partial charge in [-0.05, 0) is 31.2 Å². The third kappa shape index (κ3) is 2.40. The number of nitrogen functional groups attached to an aromatic ring is 1. The van der Waals surface area contributed by atoms with E-state index >= 15 is 0 Å². The summed E-state index contributed by atoms with van der Waals surface area (Å²) in [5, 5.41) is 12.8. The van der Waals surface area contributed by atoms with Crippen LogP contribution in [0.1, 0.15) is 23.0 Å². The van der Waals surface area contributed by atoms with Crippen LogP contribution in [0, 0.1) is 11.3 Å². The molecule has 2 N–H and O–H groups in total. The molecule has 2 aromatic rings. The second-order valence-corrected chi connectivity index (χ2v) is 3.74. The molecule has 0 saturated carbocycles. The molecule has 0 radical (unpaired) electrons. The van der Waals surface area contributed by atoms with Crippen molar-refractivity contribution in [3.63, 3.8) is 0 Å². The van der Waals surface area contributed by atoms with Crippen LogP contribution >= 0.6 is 0 Å². The van der Waals surface area contributed by atoms with Crippen molar-refractivity contribution in [3.05, 3.63) is 41.7 Å². The third-order valence-corrected chi connectivity index (χ3v) is 2.51. The van der Waals surface area contributed by atoms with Gasteiger partial charge in [-0.3, -0.25) is 0 Å². The maximum absolute atomic E-state index is 11.8. The number of hydrogen-bond donors (Lipinski definition) is 1. The van der Waals surface area contributed by atoms with E-state index in [-0.39, 0.29) is 18.0 Å². The zero-order valence-corrected chi connectivity index (χ0v) is 10.3. The third-order valence-electron chi connectivity index (χ3n) is 2.51. The number of nitrogens with zero attached hydrogens (tertiary/aromatic N) is 3. The van der Waals surface area contributed by atoms with Crippen LogP contribution in [0.5, 0.6) is 0 Å². The minimum atomic E-state index is -0.526. The van der Waals surface area contributed by atoms with Crippen LogP contribution in [-0.2, 0) is 4.74 Å². The Morgan fingerprint density at radius 3 is 2.74 bits per heavy atom. The van der Waals surface area contributed by atoms with Crippen LogP contribution in [0.4, 0.5) is 5.69 Å². The molecule has 0 spiro atoms. The number of carbonyl (C=O) groups excluding carboxylic acids is 1. The van der Waals surface area contributed by atoms with Crippen LogP contribution in [0.3, 0.4) is 0 Å². The van der Waals surface area contributed by atoms with Gasteiger partial charge in [0.1, 0.15) is 0 Å². The summed E-state index contributed by atoms with van der Waals surface area (Å²) in [4.78, 5) is 11.8. The summed E-state index contributed by atoms with van der Waals surface area (Å²) < 4.78 is 6.34. The number of ether oxygens (including phenoxy) is 1. The number of benzene rings is 1. The molecule has 0 aliphatic heterocycles. The first-order valence-electron chi connectivity index (χ1n) is 5.68. The summed E-state index contributed by atoms with van der Waals surface area (Å²) in [5.74, 6) is -0.526. The van der Waals surface area contributed by atoms with Gasteiger partial charge in [-0.1, -0.05) is 0 Å². The van der Waals surface area contributed by atoms with Gasteiger partial charge in [0, 0.05) is 0 Å². The topological polar surface area (TPSA) is 93.9 Å². The molecule has 6 nitrogen and oxygen atoms in total.